The number of benzene rings is 2. The van der Waals surface area contributed by atoms with Crippen LogP contribution in [0.3, 0.4) is 0 Å². The molecular formula is C16H17NO. The number of hydrogen-bond donors (Lipinski definition) is 1. The Balaban J connectivity index is 1.57. The lowest BCUT2D eigenvalue weighted by Gasteiger charge is -2.08. The van der Waals surface area contributed by atoms with Gasteiger partial charge in [0.15, 0.2) is 0 Å². The van der Waals surface area contributed by atoms with E-state index in [9.17, 15) is 0 Å². The molecule has 0 fully saturated rings. The van der Waals surface area contributed by atoms with Crippen molar-refractivity contribution in [2.45, 2.75) is 12.8 Å². The first kappa shape index (κ1) is 11.1. The first-order chi connectivity index (χ1) is 8.92. The molecule has 2 aromatic rings. The van der Waals surface area contributed by atoms with Gasteiger partial charge in [-0.25, -0.2) is 0 Å². The fourth-order valence-corrected chi connectivity index (χ4v) is 2.30. The van der Waals surface area contributed by atoms with Crippen LogP contribution in [0.4, 0.5) is 5.69 Å². The van der Waals surface area contributed by atoms with Gasteiger partial charge in [-0.1, -0.05) is 30.3 Å². The van der Waals surface area contributed by atoms with Crippen LogP contribution in [0, 0.1) is 0 Å². The molecule has 2 aromatic carbocycles. The Labute approximate surface area is 108 Å². The van der Waals surface area contributed by atoms with Crippen molar-refractivity contribution in [1.82, 2.24) is 0 Å². The van der Waals surface area contributed by atoms with Crippen molar-refractivity contribution in [2.75, 3.05) is 18.5 Å². The average molecular weight is 239 g/mol. The fraction of sp³-hybridized carbons (Fsp3) is 0.250. The van der Waals surface area contributed by atoms with Gasteiger partial charge < -0.3 is 10.1 Å². The van der Waals surface area contributed by atoms with Crippen LogP contribution in [0.1, 0.15) is 11.1 Å². The van der Waals surface area contributed by atoms with E-state index in [0.717, 1.165) is 31.7 Å². The molecule has 3 rings (SSSR count). The van der Waals surface area contributed by atoms with Crippen LogP contribution in [0.25, 0.3) is 0 Å². The smallest absolute Gasteiger partial charge is 0.119 e. The number of fused-ring (bicyclic) bond motifs is 1. The number of hydrogen-bond acceptors (Lipinski definition) is 2. The van der Waals surface area contributed by atoms with Crippen LogP contribution in [-0.4, -0.2) is 13.2 Å². The van der Waals surface area contributed by atoms with Gasteiger partial charge in [-0.15, -0.1) is 0 Å². The third kappa shape index (κ3) is 2.48. The summed E-state index contributed by atoms with van der Waals surface area (Å²) in [4.78, 5) is 0. The Morgan fingerprint density at radius 3 is 2.83 bits per heavy atom. The average Bonchev–Trinajstić information content (AvgIpc) is 2.87. The van der Waals surface area contributed by atoms with E-state index in [0.29, 0.717) is 0 Å². The first-order valence-corrected chi connectivity index (χ1v) is 6.45. The van der Waals surface area contributed by atoms with Gasteiger partial charge in [0.1, 0.15) is 5.75 Å². The zero-order chi connectivity index (χ0) is 12.2. The summed E-state index contributed by atoms with van der Waals surface area (Å²) in [5.41, 5.74) is 3.94. The summed E-state index contributed by atoms with van der Waals surface area (Å²) in [7, 11) is 0. The lowest BCUT2D eigenvalue weighted by Crippen LogP contribution is -2.01. The number of rotatable bonds is 4. The molecular weight excluding hydrogens is 222 g/mol. The van der Waals surface area contributed by atoms with Crippen molar-refractivity contribution in [3.63, 3.8) is 0 Å². The largest absolute Gasteiger partial charge is 0.493 e. The van der Waals surface area contributed by atoms with Crippen LogP contribution >= 0.6 is 0 Å². The third-order valence-corrected chi connectivity index (χ3v) is 3.29. The van der Waals surface area contributed by atoms with Crippen LogP contribution < -0.4 is 10.1 Å². The van der Waals surface area contributed by atoms with E-state index in [-0.39, 0.29) is 0 Å². The van der Waals surface area contributed by atoms with Crippen molar-refractivity contribution < 1.29 is 4.74 Å². The van der Waals surface area contributed by atoms with Gasteiger partial charge in [0.2, 0.25) is 0 Å². The predicted octanol–water partition coefficient (Wildman–Crippen LogP) is 3.28. The fourth-order valence-electron chi connectivity index (χ4n) is 2.30. The summed E-state index contributed by atoms with van der Waals surface area (Å²) >= 11 is 0. The molecule has 0 unspecified atom stereocenters. The molecule has 0 spiro atoms. The summed E-state index contributed by atoms with van der Waals surface area (Å²) in [5, 5.41) is 3.35. The third-order valence-electron chi connectivity index (χ3n) is 3.29. The van der Waals surface area contributed by atoms with Gasteiger partial charge in [0.25, 0.3) is 0 Å². The number of ether oxygens (including phenoxy) is 1. The summed E-state index contributed by atoms with van der Waals surface area (Å²) < 4.78 is 5.81. The second kappa shape index (κ2) is 5.13. The van der Waals surface area contributed by atoms with E-state index in [1.807, 2.05) is 12.1 Å². The molecule has 0 saturated heterocycles. The van der Waals surface area contributed by atoms with Crippen LogP contribution in [0.15, 0.2) is 48.5 Å². The molecule has 0 bridgehead atoms. The molecule has 2 heteroatoms. The van der Waals surface area contributed by atoms with E-state index >= 15 is 0 Å². The van der Waals surface area contributed by atoms with E-state index in [1.54, 1.807) is 0 Å². The minimum atomic E-state index is 0.732. The molecule has 0 atom stereocenters. The van der Waals surface area contributed by atoms with Crippen molar-refractivity contribution in [1.29, 1.82) is 0 Å². The van der Waals surface area contributed by atoms with E-state index in [4.69, 9.17) is 4.74 Å². The van der Waals surface area contributed by atoms with Crippen molar-refractivity contribution in [2.24, 2.45) is 0 Å². The normalized spacial score (nSPS) is 12.9. The molecule has 92 valence electrons. The van der Waals surface area contributed by atoms with Crippen LogP contribution in [-0.2, 0) is 12.8 Å². The highest BCUT2D eigenvalue weighted by molar-refractivity contribution is 5.57. The van der Waals surface area contributed by atoms with Gasteiger partial charge >= 0.3 is 0 Å². The van der Waals surface area contributed by atoms with Gasteiger partial charge in [-0.2, -0.15) is 0 Å². The molecule has 1 aliphatic rings. The highest BCUT2D eigenvalue weighted by Gasteiger charge is 2.10. The minimum absolute atomic E-state index is 0.732. The van der Waals surface area contributed by atoms with Gasteiger partial charge in [-0.05, 0) is 35.7 Å². The molecule has 1 aliphatic heterocycles. The Kier molecular flexibility index (Phi) is 3.18. The lowest BCUT2D eigenvalue weighted by molar-refractivity contribution is 0.322. The zero-order valence-corrected chi connectivity index (χ0v) is 10.4. The molecule has 18 heavy (non-hydrogen) atoms. The molecule has 0 amide bonds. The topological polar surface area (TPSA) is 21.3 Å². The van der Waals surface area contributed by atoms with Gasteiger partial charge in [0.05, 0.1) is 6.61 Å². The van der Waals surface area contributed by atoms with E-state index < -0.39 is 0 Å². The summed E-state index contributed by atoms with van der Waals surface area (Å²) in [6.07, 6.45) is 2.06. The Bertz CT molecular complexity index is 522. The maximum Gasteiger partial charge on any atom is 0.119 e. The molecule has 0 saturated carbocycles. The zero-order valence-electron chi connectivity index (χ0n) is 10.4. The Morgan fingerprint density at radius 1 is 1.06 bits per heavy atom. The maximum absolute atomic E-state index is 5.81. The molecule has 1 N–H and O–H groups in total. The Hall–Kier alpha value is -1.96. The first-order valence-electron chi connectivity index (χ1n) is 6.45. The van der Waals surface area contributed by atoms with Crippen molar-refractivity contribution >= 4 is 5.69 Å². The SMILES string of the molecule is c1ccc(CCOc2ccc3c(c2)CCN3)cc1. The summed E-state index contributed by atoms with van der Waals surface area (Å²) in [6.45, 7) is 1.78. The predicted molar refractivity (Wildman–Crippen MR) is 74.3 cm³/mol. The standard InChI is InChI=1S/C16H17NO/c1-2-4-13(5-3-1)9-11-18-15-6-7-16-14(12-15)8-10-17-16/h1-7,12,17H,8-11H2. The quantitative estimate of drug-likeness (QED) is 0.884. The molecule has 0 radical (unpaired) electrons. The monoisotopic (exact) mass is 239 g/mol. The van der Waals surface area contributed by atoms with Gasteiger partial charge in [-0.3, -0.25) is 0 Å². The summed E-state index contributed by atoms with van der Waals surface area (Å²) in [5.74, 6) is 0.980. The molecule has 0 aliphatic carbocycles. The number of nitrogens with one attached hydrogen (secondary N) is 1. The van der Waals surface area contributed by atoms with Crippen molar-refractivity contribution in [3.05, 3.63) is 59.7 Å². The second-order valence-corrected chi connectivity index (χ2v) is 4.58. The van der Waals surface area contributed by atoms with Crippen molar-refractivity contribution in [3.8, 4) is 5.75 Å². The molecule has 2 nitrogen and oxygen atoms in total. The molecule has 1 heterocycles. The minimum Gasteiger partial charge on any atom is -0.493 e. The van der Waals surface area contributed by atoms with Crippen LogP contribution in [0.5, 0.6) is 5.75 Å². The second-order valence-electron chi connectivity index (χ2n) is 4.58. The van der Waals surface area contributed by atoms with Crippen LogP contribution in [0.2, 0.25) is 0 Å². The number of anilines is 1. The van der Waals surface area contributed by atoms with E-state index in [1.165, 1.54) is 16.8 Å². The Morgan fingerprint density at radius 2 is 1.94 bits per heavy atom. The molecule has 0 aromatic heterocycles. The van der Waals surface area contributed by atoms with Gasteiger partial charge in [0, 0.05) is 18.7 Å². The highest BCUT2D eigenvalue weighted by Crippen LogP contribution is 2.26. The maximum atomic E-state index is 5.81. The van der Waals surface area contributed by atoms with E-state index in [2.05, 4.69) is 41.7 Å². The lowest BCUT2D eigenvalue weighted by atomic mass is 10.1. The summed E-state index contributed by atoms with van der Waals surface area (Å²) in [6, 6.07) is 16.7. The highest BCUT2D eigenvalue weighted by atomic mass is 16.5.